The molecule has 3 aromatic carbocycles. The molecule has 146 valence electrons. The molecule has 0 saturated carbocycles. The van der Waals surface area contributed by atoms with Crippen LogP contribution in [0.15, 0.2) is 66.7 Å². The van der Waals surface area contributed by atoms with E-state index in [1.807, 2.05) is 36.4 Å². The molecule has 1 aromatic heterocycles. The first-order chi connectivity index (χ1) is 13.9. The molecule has 4 rings (SSSR count). The van der Waals surface area contributed by atoms with Crippen molar-refractivity contribution in [3.8, 4) is 11.3 Å². The van der Waals surface area contributed by atoms with Crippen LogP contribution in [-0.4, -0.2) is 16.5 Å². The fourth-order valence-electron chi connectivity index (χ4n) is 3.65. The van der Waals surface area contributed by atoms with Crippen LogP contribution in [0.1, 0.15) is 17.0 Å². The van der Waals surface area contributed by atoms with Crippen LogP contribution >= 0.6 is 34.8 Å². The summed E-state index contributed by atoms with van der Waals surface area (Å²) in [5.41, 5.74) is 4.07. The van der Waals surface area contributed by atoms with Gasteiger partial charge in [-0.1, -0.05) is 71.2 Å². The molecule has 1 heterocycles. The average molecular weight is 446 g/mol. The summed E-state index contributed by atoms with van der Waals surface area (Å²) in [6, 6.07) is 20.2. The lowest BCUT2D eigenvalue weighted by molar-refractivity contribution is -0.481. The van der Waals surface area contributed by atoms with Crippen molar-refractivity contribution in [1.82, 2.24) is 4.98 Å². The number of hydrogen-bond donors (Lipinski definition) is 1. The minimum atomic E-state index is -0.559. The minimum Gasteiger partial charge on any atom is -0.354 e. The number of aromatic amines is 1. The lowest BCUT2D eigenvalue weighted by Crippen LogP contribution is -2.15. The Hall–Kier alpha value is -2.53. The largest absolute Gasteiger partial charge is 0.354 e. The molecule has 0 aliphatic carbocycles. The van der Waals surface area contributed by atoms with Crippen molar-refractivity contribution in [2.45, 2.75) is 5.92 Å². The van der Waals surface area contributed by atoms with Crippen molar-refractivity contribution in [3.05, 3.63) is 103 Å². The molecule has 1 atom stereocenters. The van der Waals surface area contributed by atoms with Crippen LogP contribution in [0, 0.1) is 10.1 Å². The van der Waals surface area contributed by atoms with E-state index in [1.165, 1.54) is 0 Å². The second-order valence-corrected chi connectivity index (χ2v) is 7.98. The van der Waals surface area contributed by atoms with Gasteiger partial charge in [-0.25, -0.2) is 0 Å². The highest BCUT2D eigenvalue weighted by molar-refractivity contribution is 6.35. The van der Waals surface area contributed by atoms with Crippen molar-refractivity contribution in [3.63, 3.8) is 0 Å². The lowest BCUT2D eigenvalue weighted by atomic mass is 9.87. The zero-order chi connectivity index (χ0) is 20.5. The monoisotopic (exact) mass is 444 g/mol. The number of H-pyrrole nitrogens is 1. The molecule has 0 aliphatic rings. The van der Waals surface area contributed by atoms with Crippen molar-refractivity contribution >= 4 is 45.7 Å². The van der Waals surface area contributed by atoms with Crippen molar-refractivity contribution in [2.75, 3.05) is 6.54 Å². The number of nitro groups is 1. The second-order valence-electron chi connectivity index (χ2n) is 6.70. The third-order valence-corrected chi connectivity index (χ3v) is 5.71. The van der Waals surface area contributed by atoms with E-state index in [0.29, 0.717) is 20.6 Å². The van der Waals surface area contributed by atoms with Crippen LogP contribution < -0.4 is 0 Å². The molecule has 1 N–H and O–H groups in total. The fraction of sp³-hybridized carbons (Fsp3) is 0.0909. The Morgan fingerprint density at radius 3 is 2.31 bits per heavy atom. The Bertz CT molecular complexity index is 1200. The van der Waals surface area contributed by atoms with Gasteiger partial charge in [0.2, 0.25) is 6.54 Å². The van der Waals surface area contributed by atoms with Gasteiger partial charge in [0.15, 0.2) is 0 Å². The number of halogens is 3. The van der Waals surface area contributed by atoms with Gasteiger partial charge in [0.1, 0.15) is 0 Å². The maximum Gasteiger partial charge on any atom is 0.214 e. The van der Waals surface area contributed by atoms with Crippen LogP contribution in [0.2, 0.25) is 15.1 Å². The molecular formula is C22H15Cl3N2O2. The van der Waals surface area contributed by atoms with Gasteiger partial charge in [0.25, 0.3) is 0 Å². The number of aromatic nitrogens is 1. The Morgan fingerprint density at radius 1 is 0.931 bits per heavy atom. The predicted octanol–water partition coefficient (Wildman–Crippen LogP) is 7.20. The quantitative estimate of drug-likeness (QED) is 0.261. The molecule has 4 aromatic rings. The highest BCUT2D eigenvalue weighted by Crippen LogP contribution is 2.41. The first kappa shape index (κ1) is 19.8. The lowest BCUT2D eigenvalue weighted by Gasteiger charge is -2.17. The van der Waals surface area contributed by atoms with Crippen LogP contribution in [0.4, 0.5) is 0 Å². The standard InChI is InChI=1S/C22H15Cl3N2O2/c23-14-7-5-13(6-8-14)22-21(17-3-1-2-4-20(17)26-22)18(12-27(28)29)16-10-9-15(24)11-19(16)25/h1-11,18,26H,12H2/t18-/m0/s1. The Labute approximate surface area is 182 Å². The number of para-hydroxylation sites is 1. The first-order valence-electron chi connectivity index (χ1n) is 8.87. The predicted molar refractivity (Wildman–Crippen MR) is 119 cm³/mol. The molecule has 0 radical (unpaired) electrons. The Balaban J connectivity index is 2.00. The third kappa shape index (κ3) is 3.97. The van der Waals surface area contributed by atoms with Gasteiger partial charge < -0.3 is 4.98 Å². The fourth-order valence-corrected chi connectivity index (χ4v) is 4.31. The van der Waals surface area contributed by atoms with E-state index in [9.17, 15) is 10.1 Å². The zero-order valence-corrected chi connectivity index (χ0v) is 17.3. The summed E-state index contributed by atoms with van der Waals surface area (Å²) in [5, 5.41) is 14.0. The van der Waals surface area contributed by atoms with Gasteiger partial charge in [0.05, 0.1) is 11.6 Å². The molecule has 7 heteroatoms. The number of hydrogen-bond acceptors (Lipinski definition) is 2. The van der Waals surface area contributed by atoms with Crippen molar-refractivity contribution in [2.24, 2.45) is 0 Å². The van der Waals surface area contributed by atoms with Crippen LogP contribution in [0.5, 0.6) is 0 Å². The van der Waals surface area contributed by atoms with Gasteiger partial charge in [-0.3, -0.25) is 10.1 Å². The molecule has 0 aliphatic heterocycles. The van der Waals surface area contributed by atoms with E-state index in [0.717, 1.165) is 27.7 Å². The number of nitrogens with zero attached hydrogens (tertiary/aromatic N) is 1. The van der Waals surface area contributed by atoms with Crippen LogP contribution in [-0.2, 0) is 0 Å². The van der Waals surface area contributed by atoms with Crippen molar-refractivity contribution in [1.29, 1.82) is 0 Å². The average Bonchev–Trinajstić information content (AvgIpc) is 3.06. The van der Waals surface area contributed by atoms with Gasteiger partial charge >= 0.3 is 0 Å². The third-order valence-electron chi connectivity index (χ3n) is 4.90. The van der Waals surface area contributed by atoms with E-state index in [1.54, 1.807) is 30.3 Å². The van der Waals surface area contributed by atoms with E-state index in [-0.39, 0.29) is 11.5 Å². The van der Waals surface area contributed by atoms with Crippen molar-refractivity contribution < 1.29 is 4.92 Å². The topological polar surface area (TPSA) is 58.9 Å². The van der Waals surface area contributed by atoms with Crippen LogP contribution in [0.25, 0.3) is 22.2 Å². The first-order valence-corrected chi connectivity index (χ1v) is 10.0. The molecule has 0 unspecified atom stereocenters. The summed E-state index contributed by atoms with van der Waals surface area (Å²) >= 11 is 18.6. The molecule has 4 nitrogen and oxygen atoms in total. The smallest absolute Gasteiger partial charge is 0.214 e. The normalized spacial score (nSPS) is 12.2. The highest BCUT2D eigenvalue weighted by atomic mass is 35.5. The SMILES string of the molecule is O=[N+]([O-])C[C@@H](c1ccc(Cl)cc1Cl)c1c(-c2ccc(Cl)cc2)[nH]c2ccccc12. The van der Waals surface area contributed by atoms with E-state index < -0.39 is 5.92 Å². The molecule has 0 amide bonds. The van der Waals surface area contributed by atoms with E-state index in [4.69, 9.17) is 34.8 Å². The molecule has 0 bridgehead atoms. The van der Waals surface area contributed by atoms with Gasteiger partial charge in [-0.2, -0.15) is 0 Å². The van der Waals surface area contributed by atoms with Gasteiger partial charge in [-0.15, -0.1) is 0 Å². The maximum atomic E-state index is 11.6. The molecular weight excluding hydrogens is 431 g/mol. The summed E-state index contributed by atoms with van der Waals surface area (Å²) in [6.45, 7) is -0.302. The maximum absolute atomic E-state index is 11.6. The molecule has 0 saturated heterocycles. The number of nitrogens with one attached hydrogen (secondary N) is 1. The highest BCUT2D eigenvalue weighted by Gasteiger charge is 2.29. The zero-order valence-electron chi connectivity index (χ0n) is 15.0. The number of rotatable bonds is 5. The summed E-state index contributed by atoms with van der Waals surface area (Å²) in [6.07, 6.45) is 0. The second kappa shape index (κ2) is 8.07. The number of fused-ring (bicyclic) bond motifs is 1. The summed E-state index contributed by atoms with van der Waals surface area (Å²) in [4.78, 5) is 14.7. The Kier molecular flexibility index (Phi) is 5.50. The molecule has 0 spiro atoms. The van der Waals surface area contributed by atoms with E-state index >= 15 is 0 Å². The van der Waals surface area contributed by atoms with E-state index in [2.05, 4.69) is 4.98 Å². The Morgan fingerprint density at radius 2 is 1.62 bits per heavy atom. The minimum absolute atomic E-state index is 0.302. The molecule has 29 heavy (non-hydrogen) atoms. The van der Waals surface area contributed by atoms with Gasteiger partial charge in [-0.05, 0) is 47.0 Å². The molecule has 0 fully saturated rings. The van der Waals surface area contributed by atoms with Gasteiger partial charge in [0, 0.05) is 30.9 Å². The summed E-state index contributed by atoms with van der Waals surface area (Å²) in [7, 11) is 0. The summed E-state index contributed by atoms with van der Waals surface area (Å²) < 4.78 is 0. The van der Waals surface area contributed by atoms with Crippen LogP contribution in [0.3, 0.4) is 0 Å². The number of benzene rings is 3. The summed E-state index contributed by atoms with van der Waals surface area (Å²) in [5.74, 6) is -0.559.